The van der Waals surface area contributed by atoms with Gasteiger partial charge in [0.2, 0.25) is 0 Å². The molecule has 0 unspecified atom stereocenters. The summed E-state index contributed by atoms with van der Waals surface area (Å²) in [4.78, 5) is 0. The van der Waals surface area contributed by atoms with Gasteiger partial charge in [-0.25, -0.2) is 4.57 Å². The minimum absolute atomic E-state index is 0.103. The molecule has 0 aromatic rings. The van der Waals surface area contributed by atoms with Crippen LogP contribution in [0.2, 0.25) is 0 Å². The maximum absolute atomic E-state index is 11.8. The Morgan fingerprint density at radius 1 is 1.19 bits per heavy atom. The molecule has 0 saturated heterocycles. The second-order valence-corrected chi connectivity index (χ2v) is 4.59. The Bertz CT molecular complexity index is 277. The summed E-state index contributed by atoms with van der Waals surface area (Å²) in [5, 5.41) is 0. The molecule has 0 bridgehead atoms. The molecule has 0 spiro atoms. The Morgan fingerprint density at radius 2 is 1.69 bits per heavy atom. The molecule has 0 saturated carbocycles. The van der Waals surface area contributed by atoms with E-state index < -0.39 is 7.82 Å². The summed E-state index contributed by atoms with van der Waals surface area (Å²) in [5.41, 5.74) is 0.799. The molecule has 0 aliphatic heterocycles. The summed E-state index contributed by atoms with van der Waals surface area (Å²) in [6, 6.07) is 0. The van der Waals surface area contributed by atoms with E-state index in [1.807, 2.05) is 0 Å². The predicted molar refractivity (Wildman–Crippen MR) is 61.8 cm³/mol. The molecule has 0 atom stereocenters. The zero-order valence-corrected chi connectivity index (χ0v) is 10.9. The van der Waals surface area contributed by atoms with E-state index in [9.17, 15) is 4.57 Å². The van der Waals surface area contributed by atoms with Crippen LogP contribution in [0.3, 0.4) is 0 Å². The van der Waals surface area contributed by atoms with Crippen LogP contribution in [0.5, 0.6) is 0 Å². The van der Waals surface area contributed by atoms with Crippen LogP contribution >= 0.6 is 7.82 Å². The average Bonchev–Trinajstić information content (AvgIpc) is 2.15. The highest BCUT2D eigenvalue weighted by molar-refractivity contribution is 7.48. The van der Waals surface area contributed by atoms with E-state index in [4.69, 9.17) is 18.3 Å². The molecule has 0 aliphatic carbocycles. The fourth-order valence-corrected chi connectivity index (χ4v) is 1.88. The third-order valence-corrected chi connectivity index (χ3v) is 2.84. The van der Waals surface area contributed by atoms with Gasteiger partial charge in [-0.15, -0.1) is 0 Å². The zero-order valence-electron chi connectivity index (χ0n) is 10.0. The van der Waals surface area contributed by atoms with Gasteiger partial charge < -0.3 is 9.26 Å². The van der Waals surface area contributed by atoms with Crippen LogP contribution in [0.15, 0.2) is 24.7 Å². The third kappa shape index (κ3) is 6.67. The van der Waals surface area contributed by atoms with Crippen molar-refractivity contribution in [3.05, 3.63) is 24.7 Å². The molecular formula is C10H19O5P. The fraction of sp³-hybridized carbons (Fsp3) is 0.600. The number of phosphoric ester groups is 1. The molecule has 0 amide bonds. The van der Waals surface area contributed by atoms with Gasteiger partial charge in [-0.1, -0.05) is 6.58 Å². The SMILES string of the molecule is C=C(C)COC(=C)OP(=O)(OCC)OCC. The van der Waals surface area contributed by atoms with Crippen molar-refractivity contribution in [2.24, 2.45) is 0 Å². The van der Waals surface area contributed by atoms with Crippen LogP contribution in [0.4, 0.5) is 0 Å². The number of hydrogen-bond acceptors (Lipinski definition) is 5. The van der Waals surface area contributed by atoms with Crippen molar-refractivity contribution in [1.29, 1.82) is 0 Å². The highest BCUT2D eigenvalue weighted by Crippen LogP contribution is 2.51. The largest absolute Gasteiger partial charge is 0.532 e. The van der Waals surface area contributed by atoms with Gasteiger partial charge in [-0.3, -0.25) is 9.05 Å². The van der Waals surface area contributed by atoms with Crippen LogP contribution in [0, 0.1) is 0 Å². The van der Waals surface area contributed by atoms with Gasteiger partial charge in [0.25, 0.3) is 5.95 Å². The highest BCUT2D eigenvalue weighted by Gasteiger charge is 2.28. The van der Waals surface area contributed by atoms with E-state index in [0.29, 0.717) is 0 Å². The first-order valence-electron chi connectivity index (χ1n) is 4.98. The van der Waals surface area contributed by atoms with E-state index in [0.717, 1.165) is 5.57 Å². The van der Waals surface area contributed by atoms with Crippen LogP contribution < -0.4 is 0 Å². The molecule has 0 aromatic heterocycles. The van der Waals surface area contributed by atoms with Gasteiger partial charge in [0, 0.05) is 0 Å². The quantitative estimate of drug-likeness (QED) is 0.357. The topological polar surface area (TPSA) is 54.0 Å². The second kappa shape index (κ2) is 7.49. The summed E-state index contributed by atoms with van der Waals surface area (Å²) in [7, 11) is -3.59. The van der Waals surface area contributed by atoms with Crippen molar-refractivity contribution in [1.82, 2.24) is 0 Å². The maximum Gasteiger partial charge on any atom is 0.532 e. The molecule has 5 nitrogen and oxygen atoms in total. The monoisotopic (exact) mass is 250 g/mol. The average molecular weight is 250 g/mol. The van der Waals surface area contributed by atoms with Crippen LogP contribution in [-0.4, -0.2) is 19.8 Å². The van der Waals surface area contributed by atoms with Gasteiger partial charge in [-0.05, 0) is 32.9 Å². The van der Waals surface area contributed by atoms with Gasteiger partial charge in [0.15, 0.2) is 0 Å². The van der Waals surface area contributed by atoms with E-state index in [1.165, 1.54) is 0 Å². The Kier molecular flexibility index (Phi) is 7.13. The lowest BCUT2D eigenvalue weighted by molar-refractivity contribution is 0.0711. The minimum atomic E-state index is -3.59. The first kappa shape index (κ1) is 15.2. The fourth-order valence-electron chi connectivity index (χ4n) is 0.761. The molecule has 0 aliphatic rings. The van der Waals surface area contributed by atoms with E-state index in [-0.39, 0.29) is 25.8 Å². The normalized spacial score (nSPS) is 10.9. The minimum Gasteiger partial charge on any atom is -0.461 e. The molecular weight excluding hydrogens is 231 g/mol. The molecule has 6 heteroatoms. The molecule has 16 heavy (non-hydrogen) atoms. The summed E-state index contributed by atoms with van der Waals surface area (Å²) in [6.45, 7) is 12.9. The second-order valence-electron chi connectivity index (χ2n) is 2.99. The Balaban J connectivity index is 4.23. The molecule has 0 rings (SSSR count). The van der Waals surface area contributed by atoms with Gasteiger partial charge in [-0.2, -0.15) is 0 Å². The van der Waals surface area contributed by atoms with Crippen LogP contribution in [0.25, 0.3) is 0 Å². The molecule has 0 aromatic carbocycles. The number of phosphoric acid groups is 1. The molecule has 0 N–H and O–H groups in total. The Morgan fingerprint density at radius 3 is 2.06 bits per heavy atom. The highest BCUT2D eigenvalue weighted by atomic mass is 31.2. The summed E-state index contributed by atoms with van der Waals surface area (Å²) < 4.78 is 31.6. The van der Waals surface area contributed by atoms with Crippen molar-refractivity contribution in [2.75, 3.05) is 19.8 Å². The lowest BCUT2D eigenvalue weighted by Gasteiger charge is -2.18. The maximum atomic E-state index is 11.8. The van der Waals surface area contributed by atoms with Crippen LogP contribution in [0.1, 0.15) is 20.8 Å². The predicted octanol–water partition coefficient (Wildman–Crippen LogP) is 3.25. The van der Waals surface area contributed by atoms with Crippen molar-refractivity contribution < 1.29 is 22.9 Å². The van der Waals surface area contributed by atoms with E-state index in [1.54, 1.807) is 20.8 Å². The van der Waals surface area contributed by atoms with E-state index >= 15 is 0 Å². The van der Waals surface area contributed by atoms with Crippen molar-refractivity contribution in [2.45, 2.75) is 20.8 Å². The van der Waals surface area contributed by atoms with E-state index in [2.05, 4.69) is 13.2 Å². The lowest BCUT2D eigenvalue weighted by Crippen LogP contribution is -2.03. The number of hydrogen-bond donors (Lipinski definition) is 0. The van der Waals surface area contributed by atoms with Gasteiger partial charge in [0.1, 0.15) is 6.61 Å². The van der Waals surface area contributed by atoms with Gasteiger partial charge >= 0.3 is 7.82 Å². The van der Waals surface area contributed by atoms with Crippen LogP contribution in [-0.2, 0) is 22.9 Å². The zero-order chi connectivity index (χ0) is 12.6. The Hall–Kier alpha value is -0.770. The molecule has 94 valence electrons. The number of rotatable bonds is 9. The molecule has 0 heterocycles. The van der Waals surface area contributed by atoms with Gasteiger partial charge in [0.05, 0.1) is 13.2 Å². The third-order valence-electron chi connectivity index (χ3n) is 1.27. The summed E-state index contributed by atoms with van der Waals surface area (Å²) >= 11 is 0. The summed E-state index contributed by atoms with van der Waals surface area (Å²) in [6.07, 6.45) is 0. The summed E-state index contributed by atoms with van der Waals surface area (Å²) in [5.74, 6) is -0.103. The van der Waals surface area contributed by atoms with Crippen molar-refractivity contribution in [3.8, 4) is 0 Å². The lowest BCUT2D eigenvalue weighted by atomic mass is 10.4. The smallest absolute Gasteiger partial charge is 0.461 e. The van der Waals surface area contributed by atoms with Crippen molar-refractivity contribution in [3.63, 3.8) is 0 Å². The Labute approximate surface area is 96.6 Å². The van der Waals surface area contributed by atoms with Crippen molar-refractivity contribution >= 4 is 7.82 Å². The molecule has 0 fully saturated rings. The first-order valence-corrected chi connectivity index (χ1v) is 6.44. The number of ether oxygens (including phenoxy) is 1. The standard InChI is InChI=1S/C10H19O5P/c1-6-13-16(11,14-7-2)15-10(5)12-8-9(3)4/h3,5-8H2,1-2,4H3. The first-order chi connectivity index (χ1) is 7.43. The molecule has 0 radical (unpaired) electrons.